The predicted octanol–water partition coefficient (Wildman–Crippen LogP) is 5.77. The number of aryl methyl sites for hydroxylation is 1. The average molecular weight is 316 g/mol. The molecule has 0 spiro atoms. The van der Waals surface area contributed by atoms with Gasteiger partial charge in [0.15, 0.2) is 0 Å². The molecule has 0 radical (unpaired) electrons. The highest BCUT2D eigenvalue weighted by Crippen LogP contribution is 2.25. The van der Waals surface area contributed by atoms with Gasteiger partial charge in [-0.3, -0.25) is 0 Å². The van der Waals surface area contributed by atoms with Crippen LogP contribution in [0, 0.1) is 0 Å². The van der Waals surface area contributed by atoms with Crippen molar-refractivity contribution in [2.45, 2.75) is 19.8 Å². The molecule has 3 rings (SSSR count). The van der Waals surface area contributed by atoms with Crippen LogP contribution >= 0.6 is 0 Å². The largest absolute Gasteiger partial charge is 0.384 e. The van der Waals surface area contributed by atoms with Crippen LogP contribution in [0.3, 0.4) is 0 Å². The first-order chi connectivity index (χ1) is 11.8. The van der Waals surface area contributed by atoms with Crippen LogP contribution in [0.5, 0.6) is 0 Å². The second-order valence-corrected chi connectivity index (χ2v) is 6.07. The van der Waals surface area contributed by atoms with Gasteiger partial charge >= 0.3 is 0 Å². The Bertz CT molecular complexity index is 753. The summed E-state index contributed by atoms with van der Waals surface area (Å²) >= 11 is 0. The Morgan fingerprint density at radius 2 is 0.958 bits per heavy atom. The first kappa shape index (κ1) is 16.5. The Labute approximate surface area is 144 Å². The van der Waals surface area contributed by atoms with Gasteiger partial charge < -0.3 is 4.74 Å². The molecule has 0 saturated heterocycles. The number of benzene rings is 3. The molecule has 122 valence electrons. The van der Waals surface area contributed by atoms with Crippen molar-refractivity contribution < 1.29 is 4.74 Å². The van der Waals surface area contributed by atoms with Crippen molar-refractivity contribution in [2.24, 2.45) is 0 Å². The van der Waals surface area contributed by atoms with E-state index in [9.17, 15) is 0 Å². The zero-order chi connectivity index (χ0) is 16.8. The lowest BCUT2D eigenvalue weighted by molar-refractivity contribution is 0.202. The summed E-state index contributed by atoms with van der Waals surface area (Å²) in [4.78, 5) is 0. The van der Waals surface area contributed by atoms with Crippen LogP contribution in [0.15, 0.2) is 72.8 Å². The smallest absolute Gasteiger partial charge is 0.0502 e. The van der Waals surface area contributed by atoms with Gasteiger partial charge in [-0.1, -0.05) is 79.7 Å². The zero-order valence-electron chi connectivity index (χ0n) is 14.5. The van der Waals surface area contributed by atoms with Crippen LogP contribution in [0.1, 0.15) is 18.1 Å². The molecule has 1 nitrogen and oxygen atoms in total. The molecule has 0 atom stereocenters. The molecule has 0 fully saturated rings. The van der Waals surface area contributed by atoms with Crippen LogP contribution in [-0.4, -0.2) is 13.7 Å². The van der Waals surface area contributed by atoms with E-state index >= 15 is 0 Å². The third-order valence-corrected chi connectivity index (χ3v) is 4.46. The standard InChI is InChI=1S/C23H24O/c1-3-18-4-8-20(9-5-18)22-12-14-23(15-13-22)21-10-6-19(7-11-21)16-17-24-2/h4-15H,3,16-17H2,1-2H3. The fraction of sp³-hybridized carbons (Fsp3) is 0.217. The maximum Gasteiger partial charge on any atom is 0.0502 e. The van der Waals surface area contributed by atoms with Gasteiger partial charge in [0.25, 0.3) is 0 Å². The van der Waals surface area contributed by atoms with Gasteiger partial charge in [-0.05, 0) is 46.2 Å². The van der Waals surface area contributed by atoms with Crippen molar-refractivity contribution in [1.29, 1.82) is 0 Å². The van der Waals surface area contributed by atoms with Crippen molar-refractivity contribution >= 4 is 0 Å². The maximum absolute atomic E-state index is 5.13. The van der Waals surface area contributed by atoms with Crippen LogP contribution in [0.2, 0.25) is 0 Å². The van der Waals surface area contributed by atoms with Gasteiger partial charge in [0.2, 0.25) is 0 Å². The SMILES string of the molecule is CCc1ccc(-c2ccc(-c3ccc(CCOC)cc3)cc2)cc1. The Kier molecular flexibility index (Phi) is 5.45. The Balaban J connectivity index is 1.76. The van der Waals surface area contributed by atoms with Gasteiger partial charge in [0, 0.05) is 7.11 Å². The summed E-state index contributed by atoms with van der Waals surface area (Å²) < 4.78 is 5.13. The highest BCUT2D eigenvalue weighted by Gasteiger charge is 2.01. The highest BCUT2D eigenvalue weighted by atomic mass is 16.5. The molecule has 0 aliphatic rings. The van der Waals surface area contributed by atoms with E-state index in [0.29, 0.717) is 0 Å². The predicted molar refractivity (Wildman–Crippen MR) is 102 cm³/mol. The van der Waals surface area contributed by atoms with Crippen LogP contribution in [-0.2, 0) is 17.6 Å². The molecule has 0 aromatic heterocycles. The number of ether oxygens (including phenoxy) is 1. The van der Waals surface area contributed by atoms with Gasteiger partial charge in [-0.15, -0.1) is 0 Å². The van der Waals surface area contributed by atoms with Gasteiger partial charge in [-0.25, -0.2) is 0 Å². The molecular weight excluding hydrogens is 292 g/mol. The van der Waals surface area contributed by atoms with Gasteiger partial charge in [0.05, 0.1) is 6.61 Å². The molecule has 0 heterocycles. The van der Waals surface area contributed by atoms with Crippen LogP contribution in [0.25, 0.3) is 22.3 Å². The molecule has 0 aliphatic carbocycles. The lowest BCUT2D eigenvalue weighted by Crippen LogP contribution is -1.93. The zero-order valence-corrected chi connectivity index (χ0v) is 14.5. The summed E-state index contributed by atoms with van der Waals surface area (Å²) in [5.74, 6) is 0. The van der Waals surface area contributed by atoms with Crippen molar-refractivity contribution in [3.8, 4) is 22.3 Å². The lowest BCUT2D eigenvalue weighted by atomic mass is 9.98. The van der Waals surface area contributed by atoms with Crippen molar-refractivity contribution in [3.05, 3.63) is 83.9 Å². The Morgan fingerprint density at radius 3 is 1.33 bits per heavy atom. The molecular formula is C23H24O. The minimum Gasteiger partial charge on any atom is -0.384 e. The Morgan fingerprint density at radius 1 is 0.583 bits per heavy atom. The molecule has 0 saturated carbocycles. The Hall–Kier alpha value is -2.38. The molecule has 3 aromatic rings. The summed E-state index contributed by atoms with van der Waals surface area (Å²) in [5, 5.41) is 0. The van der Waals surface area contributed by atoms with Gasteiger partial charge in [0.1, 0.15) is 0 Å². The topological polar surface area (TPSA) is 9.23 Å². The van der Waals surface area contributed by atoms with E-state index in [-0.39, 0.29) is 0 Å². The minimum absolute atomic E-state index is 0.769. The lowest BCUT2D eigenvalue weighted by Gasteiger charge is -2.07. The second kappa shape index (κ2) is 7.94. The molecule has 3 aromatic carbocycles. The van der Waals surface area contributed by atoms with E-state index in [1.165, 1.54) is 33.4 Å². The molecule has 0 bridgehead atoms. The molecule has 0 unspecified atom stereocenters. The number of hydrogen-bond donors (Lipinski definition) is 0. The average Bonchev–Trinajstić information content (AvgIpc) is 2.67. The number of methoxy groups -OCH3 is 1. The fourth-order valence-corrected chi connectivity index (χ4v) is 2.87. The number of rotatable bonds is 6. The first-order valence-corrected chi connectivity index (χ1v) is 8.58. The highest BCUT2D eigenvalue weighted by molar-refractivity contribution is 5.70. The molecule has 0 N–H and O–H groups in total. The van der Waals surface area contributed by atoms with Crippen molar-refractivity contribution in [3.63, 3.8) is 0 Å². The summed E-state index contributed by atoms with van der Waals surface area (Å²) in [6.45, 7) is 2.95. The first-order valence-electron chi connectivity index (χ1n) is 8.58. The van der Waals surface area contributed by atoms with E-state index in [2.05, 4.69) is 79.7 Å². The summed E-state index contributed by atoms with van der Waals surface area (Å²) in [6.07, 6.45) is 2.04. The second-order valence-electron chi connectivity index (χ2n) is 6.07. The molecule has 24 heavy (non-hydrogen) atoms. The van der Waals surface area contributed by atoms with E-state index in [1.807, 2.05) is 0 Å². The number of hydrogen-bond acceptors (Lipinski definition) is 1. The van der Waals surface area contributed by atoms with E-state index < -0.39 is 0 Å². The molecule has 1 heteroatoms. The van der Waals surface area contributed by atoms with Crippen LogP contribution in [0.4, 0.5) is 0 Å². The van der Waals surface area contributed by atoms with E-state index in [4.69, 9.17) is 4.74 Å². The van der Waals surface area contributed by atoms with E-state index in [0.717, 1.165) is 19.4 Å². The minimum atomic E-state index is 0.769. The molecule has 0 amide bonds. The van der Waals surface area contributed by atoms with Crippen molar-refractivity contribution in [1.82, 2.24) is 0 Å². The molecule has 0 aliphatic heterocycles. The quantitative estimate of drug-likeness (QED) is 0.561. The van der Waals surface area contributed by atoms with Crippen molar-refractivity contribution in [2.75, 3.05) is 13.7 Å². The van der Waals surface area contributed by atoms with Crippen LogP contribution < -0.4 is 0 Å². The van der Waals surface area contributed by atoms with Gasteiger partial charge in [-0.2, -0.15) is 0 Å². The fourth-order valence-electron chi connectivity index (χ4n) is 2.87. The summed E-state index contributed by atoms with van der Waals surface area (Å²) in [6, 6.07) is 26.4. The van der Waals surface area contributed by atoms with E-state index in [1.54, 1.807) is 7.11 Å². The maximum atomic E-state index is 5.13. The monoisotopic (exact) mass is 316 g/mol. The normalized spacial score (nSPS) is 10.8. The third-order valence-electron chi connectivity index (χ3n) is 4.46. The summed E-state index contributed by atoms with van der Waals surface area (Å²) in [7, 11) is 1.74. The summed E-state index contributed by atoms with van der Waals surface area (Å²) in [5.41, 5.74) is 7.73. The third kappa shape index (κ3) is 3.93.